The maximum Gasteiger partial charge on any atom is 0.243 e. The van der Waals surface area contributed by atoms with Crippen LogP contribution >= 0.6 is 0 Å². The number of nitrogens with zero attached hydrogens (tertiary/aromatic N) is 1. The molecule has 1 heterocycles. The summed E-state index contributed by atoms with van der Waals surface area (Å²) in [6, 6.07) is 13.0. The van der Waals surface area contributed by atoms with Gasteiger partial charge in [-0.15, -0.1) is 0 Å². The van der Waals surface area contributed by atoms with Crippen LogP contribution in [0, 0.1) is 11.7 Å². The first-order valence-corrected chi connectivity index (χ1v) is 11.6. The minimum absolute atomic E-state index is 0.0398. The Labute approximate surface area is 178 Å². The molecule has 1 aliphatic heterocycles. The summed E-state index contributed by atoms with van der Waals surface area (Å²) in [5.41, 5.74) is 1.86. The van der Waals surface area contributed by atoms with Crippen LogP contribution in [0.5, 0.6) is 0 Å². The number of carbonyl (C=O) groups excluding carboxylic acids is 1. The van der Waals surface area contributed by atoms with E-state index in [2.05, 4.69) is 26.1 Å². The maximum absolute atomic E-state index is 13.0. The standard InChI is InChI=1S/C23H29FN2O3S/c1-23(2,3)19-6-10-21(11-7-19)30(28,29)26-14-12-18(13-15-26)22(27)25-16-17-4-8-20(24)9-5-17/h4-11,18H,12-16H2,1-3H3,(H,25,27). The number of nitrogens with one attached hydrogen (secondary N) is 1. The van der Waals surface area contributed by atoms with Crippen molar-refractivity contribution in [1.82, 2.24) is 9.62 Å². The fourth-order valence-corrected chi connectivity index (χ4v) is 5.04. The maximum atomic E-state index is 13.0. The van der Waals surface area contributed by atoms with E-state index in [9.17, 15) is 17.6 Å². The second kappa shape index (κ2) is 8.86. The highest BCUT2D eigenvalue weighted by Crippen LogP contribution is 2.27. The summed E-state index contributed by atoms with van der Waals surface area (Å²) in [4.78, 5) is 12.7. The average molecular weight is 433 g/mol. The number of hydrogen-bond acceptors (Lipinski definition) is 3. The molecule has 0 spiro atoms. The quantitative estimate of drug-likeness (QED) is 0.781. The molecular weight excluding hydrogens is 403 g/mol. The molecule has 1 saturated heterocycles. The molecule has 3 rings (SSSR count). The molecule has 0 saturated carbocycles. The molecule has 30 heavy (non-hydrogen) atoms. The van der Waals surface area contributed by atoms with Gasteiger partial charge in [-0.25, -0.2) is 12.8 Å². The van der Waals surface area contributed by atoms with Crippen molar-refractivity contribution in [3.8, 4) is 0 Å². The summed E-state index contributed by atoms with van der Waals surface area (Å²) in [5.74, 6) is -0.627. The van der Waals surface area contributed by atoms with Crippen LogP contribution in [0.2, 0.25) is 0 Å². The Morgan fingerprint density at radius 3 is 2.13 bits per heavy atom. The highest BCUT2D eigenvalue weighted by atomic mass is 32.2. The van der Waals surface area contributed by atoms with Crippen LogP contribution < -0.4 is 5.32 Å². The monoisotopic (exact) mass is 432 g/mol. The number of sulfonamides is 1. The number of benzene rings is 2. The molecule has 2 aromatic carbocycles. The van der Waals surface area contributed by atoms with E-state index in [0.717, 1.165) is 11.1 Å². The van der Waals surface area contributed by atoms with Crippen LogP contribution in [0.1, 0.15) is 44.7 Å². The highest BCUT2D eigenvalue weighted by molar-refractivity contribution is 7.89. The predicted octanol–water partition coefficient (Wildman–Crippen LogP) is 3.84. The van der Waals surface area contributed by atoms with E-state index in [4.69, 9.17) is 0 Å². The minimum atomic E-state index is -3.57. The molecule has 0 bridgehead atoms. The smallest absolute Gasteiger partial charge is 0.243 e. The highest BCUT2D eigenvalue weighted by Gasteiger charge is 2.32. The number of halogens is 1. The number of piperidine rings is 1. The van der Waals surface area contributed by atoms with Crippen LogP contribution in [0.15, 0.2) is 53.4 Å². The molecule has 2 aromatic rings. The second-order valence-electron chi connectivity index (χ2n) is 8.80. The molecule has 0 unspecified atom stereocenters. The third kappa shape index (κ3) is 5.26. The minimum Gasteiger partial charge on any atom is -0.352 e. The fraction of sp³-hybridized carbons (Fsp3) is 0.435. The first kappa shape index (κ1) is 22.4. The lowest BCUT2D eigenvalue weighted by molar-refractivity contribution is -0.126. The molecule has 0 aromatic heterocycles. The normalized spacial score (nSPS) is 16.4. The average Bonchev–Trinajstić information content (AvgIpc) is 2.72. The van der Waals surface area contributed by atoms with Gasteiger partial charge in [-0.3, -0.25) is 4.79 Å². The van der Waals surface area contributed by atoms with Crippen molar-refractivity contribution >= 4 is 15.9 Å². The summed E-state index contributed by atoms with van der Waals surface area (Å²) in [6.45, 7) is 7.22. The zero-order chi connectivity index (χ0) is 21.9. The van der Waals surface area contributed by atoms with E-state index < -0.39 is 10.0 Å². The van der Waals surface area contributed by atoms with Crippen LogP contribution in [0.3, 0.4) is 0 Å². The number of rotatable bonds is 5. The third-order valence-electron chi connectivity index (χ3n) is 5.56. The van der Waals surface area contributed by atoms with Crippen molar-refractivity contribution in [2.24, 2.45) is 5.92 Å². The van der Waals surface area contributed by atoms with Gasteiger partial charge >= 0.3 is 0 Å². The number of hydrogen-bond donors (Lipinski definition) is 1. The van der Waals surface area contributed by atoms with E-state index in [1.807, 2.05) is 12.1 Å². The molecule has 1 amide bonds. The Morgan fingerprint density at radius 2 is 1.60 bits per heavy atom. The molecule has 1 N–H and O–H groups in total. The van der Waals surface area contributed by atoms with Crippen molar-refractivity contribution in [3.63, 3.8) is 0 Å². The van der Waals surface area contributed by atoms with Gasteiger partial charge in [0.15, 0.2) is 0 Å². The van der Waals surface area contributed by atoms with Gasteiger partial charge in [0.2, 0.25) is 15.9 Å². The van der Waals surface area contributed by atoms with Crippen LogP contribution in [0.25, 0.3) is 0 Å². The topological polar surface area (TPSA) is 66.5 Å². The Bertz CT molecular complexity index is 973. The Hall–Kier alpha value is -2.25. The largest absolute Gasteiger partial charge is 0.352 e. The van der Waals surface area contributed by atoms with E-state index in [-0.39, 0.29) is 28.0 Å². The molecule has 0 radical (unpaired) electrons. The van der Waals surface area contributed by atoms with Crippen LogP contribution in [0.4, 0.5) is 4.39 Å². The van der Waals surface area contributed by atoms with Crippen molar-refractivity contribution in [3.05, 3.63) is 65.5 Å². The molecule has 1 aliphatic rings. The summed E-state index contributed by atoms with van der Waals surface area (Å²) >= 11 is 0. The molecule has 5 nitrogen and oxygen atoms in total. The lowest BCUT2D eigenvalue weighted by Crippen LogP contribution is -2.42. The summed E-state index contributed by atoms with van der Waals surface area (Å²) in [7, 11) is -3.57. The third-order valence-corrected chi connectivity index (χ3v) is 7.48. The zero-order valence-corrected chi connectivity index (χ0v) is 18.5. The summed E-state index contributed by atoms with van der Waals surface area (Å²) in [6.07, 6.45) is 0.961. The van der Waals surface area contributed by atoms with E-state index in [1.165, 1.54) is 16.4 Å². The van der Waals surface area contributed by atoms with Gasteiger partial charge in [0, 0.05) is 25.6 Å². The summed E-state index contributed by atoms with van der Waals surface area (Å²) in [5, 5.41) is 2.86. The van der Waals surface area contributed by atoms with Gasteiger partial charge in [-0.1, -0.05) is 45.0 Å². The Morgan fingerprint density at radius 1 is 1.03 bits per heavy atom. The first-order chi connectivity index (χ1) is 14.1. The number of carbonyl (C=O) groups is 1. The lowest BCUT2D eigenvalue weighted by atomic mass is 9.87. The molecule has 1 fully saturated rings. The van der Waals surface area contributed by atoms with Crippen molar-refractivity contribution < 1.29 is 17.6 Å². The van der Waals surface area contributed by atoms with Gasteiger partial charge in [0.05, 0.1) is 4.90 Å². The van der Waals surface area contributed by atoms with E-state index in [1.54, 1.807) is 24.3 Å². The Kier molecular flexibility index (Phi) is 6.62. The van der Waals surface area contributed by atoms with Crippen LogP contribution in [-0.2, 0) is 26.8 Å². The second-order valence-corrected chi connectivity index (χ2v) is 10.7. The summed E-state index contributed by atoms with van der Waals surface area (Å²) < 4.78 is 40.3. The molecule has 7 heteroatoms. The van der Waals surface area contributed by atoms with Crippen molar-refractivity contribution in [1.29, 1.82) is 0 Å². The molecule has 0 aliphatic carbocycles. The molecule has 0 atom stereocenters. The van der Waals surface area contributed by atoms with Gasteiger partial charge < -0.3 is 5.32 Å². The zero-order valence-electron chi connectivity index (χ0n) is 17.7. The van der Waals surface area contributed by atoms with E-state index >= 15 is 0 Å². The molecular formula is C23H29FN2O3S. The van der Waals surface area contributed by atoms with Crippen molar-refractivity contribution in [2.45, 2.75) is 50.5 Å². The van der Waals surface area contributed by atoms with Crippen molar-refractivity contribution in [2.75, 3.05) is 13.1 Å². The van der Waals surface area contributed by atoms with Gasteiger partial charge in [0.1, 0.15) is 5.82 Å². The Balaban J connectivity index is 1.56. The SMILES string of the molecule is CC(C)(C)c1ccc(S(=O)(=O)N2CCC(C(=O)NCc3ccc(F)cc3)CC2)cc1. The van der Waals surface area contributed by atoms with Crippen LogP contribution in [-0.4, -0.2) is 31.7 Å². The first-order valence-electron chi connectivity index (χ1n) is 10.2. The fourth-order valence-electron chi connectivity index (χ4n) is 3.57. The van der Waals surface area contributed by atoms with Gasteiger partial charge in [-0.05, 0) is 53.6 Å². The number of amides is 1. The predicted molar refractivity (Wildman–Crippen MR) is 115 cm³/mol. The van der Waals surface area contributed by atoms with E-state index in [0.29, 0.717) is 32.5 Å². The van der Waals surface area contributed by atoms with Gasteiger partial charge in [-0.2, -0.15) is 4.31 Å². The van der Waals surface area contributed by atoms with Gasteiger partial charge in [0.25, 0.3) is 0 Å². The molecule has 162 valence electrons. The lowest BCUT2D eigenvalue weighted by Gasteiger charge is -2.30.